The Morgan fingerprint density at radius 1 is 1.14 bits per heavy atom. The zero-order chi connectivity index (χ0) is 21.2. The third kappa shape index (κ3) is 4.67. The lowest BCUT2D eigenvalue weighted by atomic mass is 10.1. The van der Waals surface area contributed by atoms with Gasteiger partial charge in [-0.2, -0.15) is 4.31 Å². The molecule has 0 spiro atoms. The fourth-order valence-corrected chi connectivity index (χ4v) is 5.13. The second-order valence-electron chi connectivity index (χ2n) is 7.71. The largest absolute Gasteiger partial charge is 0.457 e. The number of likely N-dealkylation sites (tertiary alicyclic amines) is 1. The number of carbonyl (C=O) groups is 3. The zero-order valence-corrected chi connectivity index (χ0v) is 17.5. The number of hydrogen-bond donors (Lipinski definition) is 0. The van der Waals surface area contributed by atoms with Gasteiger partial charge in [-0.1, -0.05) is 0 Å². The molecule has 158 valence electrons. The number of Topliss-reactive ketones (excluding diaryl/α,β-unsaturated/α-hetero) is 1. The SMILES string of the molecule is CC(C)N1CC(C(=O)OCC(=O)c2ccc(S(=O)(=O)N3CCCC3)cc2)CC1=O. The molecule has 2 fully saturated rings. The maximum absolute atomic E-state index is 12.5. The standard InChI is InChI=1S/C20H26N2O6S/c1-14(2)22-12-16(11-19(22)24)20(25)28-13-18(23)15-5-7-17(8-6-15)29(26,27)21-9-3-4-10-21/h5-8,14,16H,3-4,9-13H2,1-2H3. The van der Waals surface area contributed by atoms with Crippen molar-refractivity contribution in [1.82, 2.24) is 9.21 Å². The van der Waals surface area contributed by atoms with E-state index in [0.29, 0.717) is 19.6 Å². The van der Waals surface area contributed by atoms with Gasteiger partial charge in [-0.3, -0.25) is 14.4 Å². The average molecular weight is 423 g/mol. The minimum absolute atomic E-state index is 0.0114. The first-order valence-electron chi connectivity index (χ1n) is 9.79. The van der Waals surface area contributed by atoms with Crippen LogP contribution in [0.1, 0.15) is 43.5 Å². The monoisotopic (exact) mass is 422 g/mol. The number of sulfonamides is 1. The first kappa shape index (κ1) is 21.4. The van der Waals surface area contributed by atoms with Crippen molar-refractivity contribution in [2.24, 2.45) is 5.92 Å². The van der Waals surface area contributed by atoms with Gasteiger partial charge in [-0.25, -0.2) is 8.42 Å². The predicted molar refractivity (Wildman–Crippen MR) is 105 cm³/mol. The van der Waals surface area contributed by atoms with Gasteiger partial charge in [0.1, 0.15) is 0 Å². The molecule has 1 aromatic rings. The van der Waals surface area contributed by atoms with Crippen molar-refractivity contribution in [2.75, 3.05) is 26.2 Å². The Balaban J connectivity index is 1.56. The van der Waals surface area contributed by atoms with Crippen LogP contribution in [0.2, 0.25) is 0 Å². The van der Waals surface area contributed by atoms with Crippen LogP contribution < -0.4 is 0 Å². The van der Waals surface area contributed by atoms with Gasteiger partial charge in [0, 0.05) is 37.7 Å². The van der Waals surface area contributed by atoms with Gasteiger partial charge in [0.05, 0.1) is 10.8 Å². The summed E-state index contributed by atoms with van der Waals surface area (Å²) in [6, 6.07) is 5.67. The van der Waals surface area contributed by atoms with Crippen LogP contribution in [-0.2, 0) is 24.3 Å². The lowest BCUT2D eigenvalue weighted by Crippen LogP contribution is -2.33. The molecule has 3 rings (SSSR count). The topological polar surface area (TPSA) is 101 Å². The number of benzene rings is 1. The highest BCUT2D eigenvalue weighted by Crippen LogP contribution is 2.22. The van der Waals surface area contributed by atoms with Crippen LogP contribution in [0.4, 0.5) is 0 Å². The summed E-state index contributed by atoms with van der Waals surface area (Å²) in [5, 5.41) is 0. The Kier molecular flexibility index (Phi) is 6.38. The van der Waals surface area contributed by atoms with Gasteiger partial charge < -0.3 is 9.64 Å². The van der Waals surface area contributed by atoms with Crippen LogP contribution in [0.15, 0.2) is 29.2 Å². The predicted octanol–water partition coefficient (Wildman–Crippen LogP) is 1.45. The van der Waals surface area contributed by atoms with Gasteiger partial charge in [0.2, 0.25) is 15.9 Å². The molecule has 0 N–H and O–H groups in total. The van der Waals surface area contributed by atoms with E-state index in [1.54, 1.807) is 4.90 Å². The van der Waals surface area contributed by atoms with Crippen molar-refractivity contribution in [3.05, 3.63) is 29.8 Å². The molecule has 2 heterocycles. The van der Waals surface area contributed by atoms with Crippen LogP contribution in [0.3, 0.4) is 0 Å². The van der Waals surface area contributed by atoms with Crippen molar-refractivity contribution < 1.29 is 27.5 Å². The van der Waals surface area contributed by atoms with Crippen LogP contribution in [0.25, 0.3) is 0 Å². The van der Waals surface area contributed by atoms with Crippen molar-refractivity contribution in [1.29, 1.82) is 0 Å². The molecule has 29 heavy (non-hydrogen) atoms. The van der Waals surface area contributed by atoms with E-state index in [4.69, 9.17) is 4.74 Å². The molecular formula is C20H26N2O6S. The van der Waals surface area contributed by atoms with E-state index in [2.05, 4.69) is 0 Å². The van der Waals surface area contributed by atoms with Crippen LogP contribution in [0, 0.1) is 5.92 Å². The number of esters is 1. The zero-order valence-electron chi connectivity index (χ0n) is 16.7. The maximum Gasteiger partial charge on any atom is 0.311 e. The smallest absolute Gasteiger partial charge is 0.311 e. The maximum atomic E-state index is 12.5. The quantitative estimate of drug-likeness (QED) is 0.487. The molecule has 1 atom stereocenters. The minimum Gasteiger partial charge on any atom is -0.457 e. The molecule has 0 radical (unpaired) electrons. The van der Waals surface area contributed by atoms with Crippen LogP contribution >= 0.6 is 0 Å². The lowest BCUT2D eigenvalue weighted by molar-refractivity contribution is -0.147. The fraction of sp³-hybridized carbons (Fsp3) is 0.550. The Bertz CT molecular complexity index is 888. The molecule has 2 aliphatic rings. The van der Waals surface area contributed by atoms with Gasteiger partial charge in [-0.15, -0.1) is 0 Å². The number of hydrogen-bond acceptors (Lipinski definition) is 6. The van der Waals surface area contributed by atoms with Crippen molar-refractivity contribution in [3.8, 4) is 0 Å². The van der Waals surface area contributed by atoms with Crippen LogP contribution in [-0.4, -0.2) is 67.6 Å². The highest BCUT2D eigenvalue weighted by atomic mass is 32.2. The van der Waals surface area contributed by atoms with Crippen molar-refractivity contribution in [3.63, 3.8) is 0 Å². The molecule has 0 aliphatic carbocycles. The molecule has 2 saturated heterocycles. The number of ketones is 1. The second kappa shape index (κ2) is 8.62. The Labute approximate surface area is 170 Å². The van der Waals surface area contributed by atoms with Gasteiger partial charge >= 0.3 is 5.97 Å². The Morgan fingerprint density at radius 2 is 1.76 bits per heavy atom. The van der Waals surface area contributed by atoms with Gasteiger partial charge in [0.15, 0.2) is 12.4 Å². The highest BCUT2D eigenvalue weighted by molar-refractivity contribution is 7.89. The molecule has 0 saturated carbocycles. The minimum atomic E-state index is -3.54. The van der Waals surface area contributed by atoms with Crippen molar-refractivity contribution >= 4 is 27.7 Å². The third-order valence-electron chi connectivity index (χ3n) is 5.34. The molecule has 8 nitrogen and oxygen atoms in total. The fourth-order valence-electron chi connectivity index (χ4n) is 3.62. The number of nitrogens with zero attached hydrogens (tertiary/aromatic N) is 2. The number of rotatable bonds is 7. The summed E-state index contributed by atoms with van der Waals surface area (Å²) in [4.78, 5) is 38.2. The first-order chi connectivity index (χ1) is 13.7. The molecule has 9 heteroatoms. The van der Waals surface area contributed by atoms with E-state index < -0.39 is 34.3 Å². The third-order valence-corrected chi connectivity index (χ3v) is 7.25. The summed E-state index contributed by atoms with van der Waals surface area (Å²) in [7, 11) is -3.54. The Hall–Kier alpha value is -2.26. The van der Waals surface area contributed by atoms with E-state index in [-0.39, 0.29) is 28.8 Å². The molecule has 1 unspecified atom stereocenters. The molecular weight excluding hydrogens is 396 g/mol. The summed E-state index contributed by atoms with van der Waals surface area (Å²) < 4.78 is 31.6. The summed E-state index contributed by atoms with van der Waals surface area (Å²) in [6.07, 6.45) is 1.79. The summed E-state index contributed by atoms with van der Waals surface area (Å²) in [5.74, 6) is -1.65. The van der Waals surface area contributed by atoms with E-state index >= 15 is 0 Å². The van der Waals surface area contributed by atoms with E-state index in [0.717, 1.165) is 12.8 Å². The molecule has 1 aromatic carbocycles. The van der Waals surface area contributed by atoms with Crippen LogP contribution in [0.5, 0.6) is 0 Å². The molecule has 1 amide bonds. The highest BCUT2D eigenvalue weighted by Gasteiger charge is 2.36. The molecule has 0 aromatic heterocycles. The second-order valence-corrected chi connectivity index (χ2v) is 9.65. The number of ether oxygens (including phenoxy) is 1. The normalized spacial score (nSPS) is 20.4. The van der Waals surface area contributed by atoms with Gasteiger partial charge in [-0.05, 0) is 51.0 Å². The summed E-state index contributed by atoms with van der Waals surface area (Å²) in [6.45, 7) is 4.63. The van der Waals surface area contributed by atoms with Gasteiger partial charge in [0.25, 0.3) is 0 Å². The Morgan fingerprint density at radius 3 is 2.31 bits per heavy atom. The molecule has 2 aliphatic heterocycles. The first-order valence-corrected chi connectivity index (χ1v) is 11.2. The number of carbonyl (C=O) groups excluding carboxylic acids is 3. The van der Waals surface area contributed by atoms with E-state index in [1.165, 1.54) is 28.6 Å². The summed E-state index contributed by atoms with van der Waals surface area (Å²) >= 11 is 0. The van der Waals surface area contributed by atoms with E-state index in [9.17, 15) is 22.8 Å². The number of amides is 1. The summed E-state index contributed by atoms with van der Waals surface area (Å²) in [5.41, 5.74) is 0.268. The lowest BCUT2D eigenvalue weighted by Gasteiger charge is -2.20. The van der Waals surface area contributed by atoms with E-state index in [1.807, 2.05) is 13.8 Å². The average Bonchev–Trinajstić information content (AvgIpc) is 3.36. The molecule has 0 bridgehead atoms. The van der Waals surface area contributed by atoms with Crippen molar-refractivity contribution in [2.45, 2.75) is 44.0 Å².